The van der Waals surface area contributed by atoms with Gasteiger partial charge in [-0.3, -0.25) is 69.1 Å². The SMILES string of the molecule is CC(C)OC(=O)Cc1cc(C(=O)CCc2cc(F)cc([N+](=O)[O-])c2)c(C(C)C)n1Cc1cccnc1.CC(C)ONCc1cc(C(=O)CCc2cc(F)cc([N+](=O)[O-])c2)c(C(C)C)n1Cc1cccnc1.CCCOCCc1cc(C(=O)CCc2ccc(F)c(F)c2)c(N(C)C)n1Cc1ccccc1.Cc1ccc(C(=O)OCc2cc(C(=O)CCc3cccc([N+](=O)[O-])c3)c(C(C)C)n2Cc2ccccc2)cc1. The molecule has 0 amide bonds. The zero-order chi connectivity index (χ0) is 104. The summed E-state index contributed by atoms with van der Waals surface area (Å²) in [4.78, 5) is 126. The van der Waals surface area contributed by atoms with Crippen LogP contribution in [0.2, 0.25) is 0 Å². The molecule has 752 valence electrons. The molecule has 0 saturated carbocycles. The molecule has 0 aliphatic heterocycles. The van der Waals surface area contributed by atoms with Crippen molar-refractivity contribution in [2.45, 2.75) is 223 Å². The normalized spacial score (nSPS) is 11.2. The fourth-order valence-electron chi connectivity index (χ4n) is 16.8. The minimum absolute atomic E-state index is 0.00152. The van der Waals surface area contributed by atoms with Crippen molar-refractivity contribution in [2.24, 2.45) is 0 Å². The molecule has 6 aromatic heterocycles. The van der Waals surface area contributed by atoms with Gasteiger partial charge in [-0.05, 0) is 202 Å². The predicted molar refractivity (Wildman–Crippen MR) is 541 cm³/mol. The molecule has 0 radical (unpaired) electrons. The number of halogens is 4. The number of anilines is 1. The Balaban J connectivity index is 0.000000196. The summed E-state index contributed by atoms with van der Waals surface area (Å²) in [7, 11) is 3.86. The van der Waals surface area contributed by atoms with Crippen LogP contribution in [0, 0.1) is 60.5 Å². The standard InChI is InChI=1S/C32H32N2O5.C27H32F2N2O2.C27H30FN3O5.C26H31FN4O4/c1-22(2)31-29(30(35)17-14-24-10-7-11-27(18-24)34(37)38)19-28(33(31)20-25-8-5-4-6-9-25)21-39-32(36)26-15-12-23(3)13-16-26;1-4-15-33-16-14-22-18-23(26(32)13-11-20-10-12-24(28)25(29)17-20)27(30(2)3)31(22)19-21-8-6-5-7-9-21;1-17(2)27-24(25(32)8-7-19-10-21(28)12-23(11-19)31(34)35)13-22(14-26(33)36-18(3)4)30(27)16-20-6-5-9-29-15-20;1-17(2)26-24(25(32)8-7-19-10-21(27)12-22(11-19)31(33)34)13-23(15-29-35-18(3)4)30(26)16-20-6-5-9-28-14-20/h4-13,15-16,18-19,22H,14,17,20-21H2,1-3H3;5-10,12,17-18H,4,11,13-16,19H2,1-3H3;5-6,9-13,15,17-18H,7-8,14,16H2,1-4H3;5-6,9-14,17-18,29H,7-8,15-16H2,1-4H3. The first kappa shape index (κ1) is 110. The Morgan fingerprint density at radius 2 is 0.853 bits per heavy atom. The van der Waals surface area contributed by atoms with Gasteiger partial charge in [0.15, 0.2) is 34.8 Å². The van der Waals surface area contributed by atoms with Crippen LogP contribution in [0.4, 0.5) is 40.4 Å². The fourth-order valence-corrected chi connectivity index (χ4v) is 16.8. The van der Waals surface area contributed by atoms with E-state index in [0.717, 1.165) is 104 Å². The van der Waals surface area contributed by atoms with E-state index in [0.29, 0.717) is 115 Å². The Morgan fingerprint density at radius 1 is 0.420 bits per heavy atom. The van der Waals surface area contributed by atoms with E-state index in [9.17, 15) is 76.7 Å². The molecule has 0 fully saturated rings. The lowest BCUT2D eigenvalue weighted by molar-refractivity contribution is -0.385. The molecule has 0 bridgehead atoms. The number of aromatic nitrogens is 6. The molecular formula is C112H125F4N11O16. The Morgan fingerprint density at radius 3 is 1.31 bits per heavy atom. The molecule has 27 nitrogen and oxygen atoms in total. The van der Waals surface area contributed by atoms with Gasteiger partial charge >= 0.3 is 11.9 Å². The van der Waals surface area contributed by atoms with Crippen molar-refractivity contribution in [3.8, 4) is 0 Å². The van der Waals surface area contributed by atoms with Gasteiger partial charge in [-0.1, -0.05) is 157 Å². The van der Waals surface area contributed by atoms with Crippen molar-refractivity contribution < 1.29 is 80.1 Å². The minimum Gasteiger partial charge on any atom is -0.463 e. The average Bonchev–Trinajstić information content (AvgIpc) is 1.65. The number of hydroxylamine groups is 1. The van der Waals surface area contributed by atoms with E-state index in [1.54, 1.807) is 69.0 Å². The van der Waals surface area contributed by atoms with Gasteiger partial charge in [-0.15, -0.1) is 0 Å². The highest BCUT2D eigenvalue weighted by molar-refractivity contribution is 6.02. The van der Waals surface area contributed by atoms with Gasteiger partial charge in [0.25, 0.3) is 17.1 Å². The van der Waals surface area contributed by atoms with E-state index in [-0.39, 0.29) is 122 Å². The second-order valence-electron chi connectivity index (χ2n) is 36.6. The zero-order valence-corrected chi connectivity index (χ0v) is 83.4. The Hall–Kier alpha value is -14.8. The average molecular weight is 1960 g/mol. The molecule has 0 saturated heterocycles. The number of benzene rings is 7. The smallest absolute Gasteiger partial charge is 0.338 e. The molecular weight excluding hydrogens is 1830 g/mol. The first-order chi connectivity index (χ1) is 68.3. The molecule has 0 atom stereocenters. The fraction of sp³-hybridized carbons (Fsp3) is 0.339. The van der Waals surface area contributed by atoms with Gasteiger partial charge in [0.1, 0.15) is 24.1 Å². The van der Waals surface area contributed by atoms with Gasteiger partial charge in [0.2, 0.25) is 0 Å². The van der Waals surface area contributed by atoms with Crippen LogP contribution in [0.5, 0.6) is 0 Å². The number of rotatable bonds is 46. The number of aryl methyl sites for hydroxylation is 5. The highest BCUT2D eigenvalue weighted by Crippen LogP contribution is 2.35. The topological polar surface area (TPSA) is 330 Å². The van der Waals surface area contributed by atoms with Crippen molar-refractivity contribution in [3.63, 3.8) is 0 Å². The van der Waals surface area contributed by atoms with Gasteiger partial charge in [0.05, 0.1) is 75.5 Å². The van der Waals surface area contributed by atoms with Crippen LogP contribution >= 0.6 is 0 Å². The molecule has 0 aliphatic rings. The number of nitrogens with one attached hydrogen (secondary N) is 1. The molecule has 13 aromatic rings. The van der Waals surface area contributed by atoms with Crippen molar-refractivity contribution in [3.05, 3.63) is 408 Å². The molecule has 13 rings (SSSR count). The van der Waals surface area contributed by atoms with Gasteiger partial charge in [-0.2, -0.15) is 5.48 Å². The number of ketones is 4. The van der Waals surface area contributed by atoms with Gasteiger partial charge < -0.3 is 37.4 Å². The van der Waals surface area contributed by atoms with Crippen molar-refractivity contribution in [1.82, 2.24) is 33.7 Å². The molecule has 0 unspecified atom stereocenters. The lowest BCUT2D eigenvalue weighted by atomic mass is 9.98. The molecule has 143 heavy (non-hydrogen) atoms. The third-order valence-corrected chi connectivity index (χ3v) is 23.3. The summed E-state index contributed by atoms with van der Waals surface area (Å²) in [6, 6.07) is 59.2. The molecule has 6 heterocycles. The molecule has 7 aromatic carbocycles. The van der Waals surface area contributed by atoms with Crippen LogP contribution < -0.4 is 10.4 Å². The summed E-state index contributed by atoms with van der Waals surface area (Å²) in [5.41, 5.74) is 18.3. The van der Waals surface area contributed by atoms with Crippen LogP contribution in [0.3, 0.4) is 0 Å². The number of nitro benzene ring substituents is 3. The number of hydrogen-bond donors (Lipinski definition) is 1. The first-order valence-electron chi connectivity index (χ1n) is 47.8. The predicted octanol–water partition coefficient (Wildman–Crippen LogP) is 23.5. The molecule has 31 heteroatoms. The van der Waals surface area contributed by atoms with Crippen LogP contribution in [-0.2, 0) is 102 Å². The van der Waals surface area contributed by atoms with Crippen LogP contribution in [0.25, 0.3) is 0 Å². The number of hydrogen-bond acceptors (Lipinski definition) is 20. The monoisotopic (exact) mass is 1960 g/mol. The zero-order valence-electron chi connectivity index (χ0n) is 83.4. The number of esters is 2. The van der Waals surface area contributed by atoms with E-state index >= 15 is 0 Å². The summed E-state index contributed by atoms with van der Waals surface area (Å²) >= 11 is 0. The van der Waals surface area contributed by atoms with Crippen LogP contribution in [0.1, 0.15) is 268 Å². The number of non-ortho nitro benzene ring substituents is 3. The van der Waals surface area contributed by atoms with Crippen LogP contribution in [-0.4, -0.2) is 118 Å². The van der Waals surface area contributed by atoms with Gasteiger partial charge in [0, 0.05) is 179 Å². The Bertz CT molecular complexity index is 6510. The molecule has 1 N–H and O–H groups in total. The summed E-state index contributed by atoms with van der Waals surface area (Å²) < 4.78 is 79.5. The molecule has 0 aliphatic carbocycles. The second-order valence-corrected chi connectivity index (χ2v) is 36.6. The highest BCUT2D eigenvalue weighted by atomic mass is 19.2. The summed E-state index contributed by atoms with van der Waals surface area (Å²) in [5.74, 6) is -3.46. The quantitative estimate of drug-likeness (QED) is 0.00925. The first-order valence-corrected chi connectivity index (χ1v) is 47.8. The second kappa shape index (κ2) is 53.7. The maximum absolute atomic E-state index is 13.8. The number of ether oxygens (including phenoxy) is 3. The lowest BCUT2D eigenvalue weighted by Gasteiger charge is -2.20. The van der Waals surface area contributed by atoms with Gasteiger partial charge in [-0.25, -0.2) is 22.4 Å². The van der Waals surface area contributed by atoms with Crippen molar-refractivity contribution in [1.29, 1.82) is 0 Å². The largest absolute Gasteiger partial charge is 0.463 e. The van der Waals surface area contributed by atoms with E-state index in [2.05, 4.69) is 48.2 Å². The number of Topliss-reactive ketones (excluding diaryl/α,β-unsaturated/α-hetero) is 4. The van der Waals surface area contributed by atoms with Crippen molar-refractivity contribution >= 4 is 58.0 Å². The minimum atomic E-state index is -0.891. The summed E-state index contributed by atoms with van der Waals surface area (Å²) in [5, 5.41) is 33.2. The van der Waals surface area contributed by atoms with Crippen molar-refractivity contribution in [2.75, 3.05) is 32.2 Å². The number of pyridine rings is 2. The molecule has 0 spiro atoms. The third kappa shape index (κ3) is 32.6. The Labute approximate surface area is 831 Å². The lowest BCUT2D eigenvalue weighted by Crippen LogP contribution is -2.21. The maximum Gasteiger partial charge on any atom is 0.338 e. The number of carbonyl (C=O) groups is 6. The summed E-state index contributed by atoms with van der Waals surface area (Å²) in [6.07, 6.45) is 9.96. The maximum atomic E-state index is 13.8. The van der Waals surface area contributed by atoms with E-state index in [4.69, 9.17) is 19.0 Å². The number of carbonyl (C=O) groups excluding carboxylic acids is 6. The highest BCUT2D eigenvalue weighted by Gasteiger charge is 2.30. The summed E-state index contributed by atoms with van der Waals surface area (Å²) in [6.45, 7) is 27.4. The van der Waals surface area contributed by atoms with E-state index in [1.165, 1.54) is 42.5 Å². The number of nitrogens with zero attached hydrogens (tertiary/aromatic N) is 10. The van der Waals surface area contributed by atoms with E-state index < -0.39 is 50.0 Å². The van der Waals surface area contributed by atoms with Crippen LogP contribution in [0.15, 0.2) is 237 Å². The Kier molecular flexibility index (Phi) is 41.4. The van der Waals surface area contributed by atoms with E-state index in [1.807, 2.05) is 189 Å². The number of nitro groups is 3. The third-order valence-electron chi connectivity index (χ3n) is 23.3.